The van der Waals surface area contributed by atoms with E-state index in [2.05, 4.69) is 11.4 Å². The van der Waals surface area contributed by atoms with E-state index >= 15 is 0 Å². The molecule has 3 N–H and O–H groups in total. The molecule has 1 aromatic carbocycles. The molecule has 1 aromatic rings. The monoisotopic (exact) mass is 264 g/mol. The maximum atomic E-state index is 11.5. The molecule has 0 aliphatic heterocycles. The molecule has 0 fully saturated rings. The largest absolute Gasteiger partial charge is 0.496 e. The molecule has 2 unspecified atom stereocenters. The summed E-state index contributed by atoms with van der Waals surface area (Å²) in [5.41, 5.74) is 7.63. The second-order valence-corrected chi connectivity index (χ2v) is 5.26. The highest BCUT2D eigenvalue weighted by Crippen LogP contribution is 2.26. The van der Waals surface area contributed by atoms with Crippen molar-refractivity contribution in [1.29, 1.82) is 0 Å². The van der Waals surface area contributed by atoms with Crippen LogP contribution in [0.15, 0.2) is 18.2 Å². The van der Waals surface area contributed by atoms with Crippen molar-refractivity contribution in [3.05, 3.63) is 29.3 Å². The van der Waals surface area contributed by atoms with Gasteiger partial charge < -0.3 is 10.5 Å². The molecule has 106 valence electrons. The number of primary amides is 1. The van der Waals surface area contributed by atoms with E-state index in [1.165, 1.54) is 0 Å². The molecule has 1 rings (SSSR count). The van der Waals surface area contributed by atoms with Gasteiger partial charge in [0, 0.05) is 11.6 Å². The van der Waals surface area contributed by atoms with Gasteiger partial charge >= 0.3 is 0 Å². The number of carbonyl (C=O) groups is 1. The van der Waals surface area contributed by atoms with Crippen LogP contribution >= 0.6 is 0 Å². The Morgan fingerprint density at radius 3 is 2.42 bits per heavy atom. The highest BCUT2D eigenvalue weighted by molar-refractivity contribution is 5.80. The summed E-state index contributed by atoms with van der Waals surface area (Å²) in [7, 11) is 1.65. The number of carbonyl (C=O) groups excluding carboxylic acids is 1. The van der Waals surface area contributed by atoms with Crippen molar-refractivity contribution in [2.24, 2.45) is 11.7 Å². The minimum atomic E-state index is -0.347. The van der Waals surface area contributed by atoms with Crippen LogP contribution < -0.4 is 15.8 Å². The van der Waals surface area contributed by atoms with Gasteiger partial charge in [0.2, 0.25) is 5.91 Å². The molecule has 1 amide bonds. The fraction of sp³-hybridized carbons (Fsp3) is 0.533. The summed E-state index contributed by atoms with van der Waals surface area (Å²) < 4.78 is 5.37. The highest BCUT2D eigenvalue weighted by atomic mass is 16.5. The fourth-order valence-electron chi connectivity index (χ4n) is 2.15. The van der Waals surface area contributed by atoms with Crippen molar-refractivity contribution in [3.8, 4) is 5.75 Å². The minimum absolute atomic E-state index is 0.00486. The molecule has 19 heavy (non-hydrogen) atoms. The number of nitrogens with two attached hydrogens (primary N) is 1. The molecule has 2 atom stereocenters. The molecule has 0 radical (unpaired) electrons. The zero-order valence-electron chi connectivity index (χ0n) is 12.4. The maximum Gasteiger partial charge on any atom is 0.234 e. The van der Waals surface area contributed by atoms with Gasteiger partial charge in [0.15, 0.2) is 0 Å². The number of methoxy groups -OCH3 is 1. The average Bonchev–Trinajstić information content (AvgIpc) is 2.34. The molecule has 0 bridgehead atoms. The zero-order valence-corrected chi connectivity index (χ0v) is 12.4. The lowest BCUT2D eigenvalue weighted by atomic mass is 9.99. The summed E-state index contributed by atoms with van der Waals surface area (Å²) in [5, 5.41) is 3.28. The molecule has 4 heteroatoms. The van der Waals surface area contributed by atoms with E-state index in [0.29, 0.717) is 0 Å². The molecule has 0 heterocycles. The van der Waals surface area contributed by atoms with Crippen LogP contribution in [0.5, 0.6) is 5.75 Å². The number of benzene rings is 1. The first kappa shape index (κ1) is 15.5. The van der Waals surface area contributed by atoms with Crippen LogP contribution in [0.2, 0.25) is 0 Å². The van der Waals surface area contributed by atoms with Crippen LogP contribution in [0, 0.1) is 12.8 Å². The van der Waals surface area contributed by atoms with Crippen molar-refractivity contribution < 1.29 is 9.53 Å². The standard InChI is InChI=1S/C15H24N2O2/c1-9(2)14(15(16)18)17-11(4)12-8-10(3)6-7-13(12)19-5/h6-9,11,14,17H,1-5H3,(H2,16,18). The molecule has 4 nitrogen and oxygen atoms in total. The van der Waals surface area contributed by atoms with Gasteiger partial charge in [0.1, 0.15) is 5.75 Å². The number of ether oxygens (including phenoxy) is 1. The second kappa shape index (κ2) is 6.57. The third-order valence-electron chi connectivity index (χ3n) is 3.25. The summed E-state index contributed by atoms with van der Waals surface area (Å²) in [6, 6.07) is 5.66. The predicted molar refractivity (Wildman–Crippen MR) is 77.1 cm³/mol. The number of amides is 1. The van der Waals surface area contributed by atoms with Gasteiger partial charge in [0.25, 0.3) is 0 Å². The van der Waals surface area contributed by atoms with E-state index < -0.39 is 0 Å². The maximum absolute atomic E-state index is 11.5. The van der Waals surface area contributed by atoms with E-state index in [1.54, 1.807) is 7.11 Å². The first-order valence-corrected chi connectivity index (χ1v) is 6.56. The Bertz CT molecular complexity index is 444. The summed E-state index contributed by atoms with van der Waals surface area (Å²) in [6.45, 7) is 7.99. The van der Waals surface area contributed by atoms with Gasteiger partial charge in [-0.05, 0) is 25.8 Å². The van der Waals surface area contributed by atoms with Crippen molar-refractivity contribution in [2.45, 2.75) is 39.8 Å². The third kappa shape index (κ3) is 3.96. The Morgan fingerprint density at radius 1 is 1.32 bits per heavy atom. The molecule has 0 spiro atoms. The van der Waals surface area contributed by atoms with E-state index in [9.17, 15) is 4.79 Å². The molecule has 0 aliphatic carbocycles. The van der Waals surface area contributed by atoms with Crippen molar-refractivity contribution in [1.82, 2.24) is 5.32 Å². The van der Waals surface area contributed by atoms with Gasteiger partial charge in [-0.2, -0.15) is 0 Å². The smallest absolute Gasteiger partial charge is 0.234 e. The van der Waals surface area contributed by atoms with E-state index in [-0.39, 0.29) is 23.9 Å². The summed E-state index contributed by atoms with van der Waals surface area (Å²) in [4.78, 5) is 11.5. The molecule has 0 saturated heterocycles. The number of nitrogens with one attached hydrogen (secondary N) is 1. The van der Waals surface area contributed by atoms with Gasteiger partial charge in [-0.15, -0.1) is 0 Å². The number of hydrogen-bond acceptors (Lipinski definition) is 3. The summed E-state index contributed by atoms with van der Waals surface area (Å²) >= 11 is 0. The molecular weight excluding hydrogens is 240 g/mol. The number of hydrogen-bond donors (Lipinski definition) is 2. The van der Waals surface area contributed by atoms with Crippen LogP contribution in [0.4, 0.5) is 0 Å². The van der Waals surface area contributed by atoms with Crippen LogP contribution in [-0.4, -0.2) is 19.1 Å². The molecule has 0 aliphatic rings. The van der Waals surface area contributed by atoms with Crippen molar-refractivity contribution in [2.75, 3.05) is 7.11 Å². The molecule has 0 saturated carbocycles. The first-order chi connectivity index (χ1) is 8.86. The van der Waals surface area contributed by atoms with Crippen molar-refractivity contribution >= 4 is 5.91 Å². The predicted octanol–water partition coefficient (Wildman–Crippen LogP) is 2.16. The van der Waals surface area contributed by atoms with Crippen LogP contribution in [-0.2, 0) is 4.79 Å². The normalized spacial score (nSPS) is 14.2. The molecule has 0 aromatic heterocycles. The lowest BCUT2D eigenvalue weighted by Gasteiger charge is -2.25. The Labute approximate surface area is 115 Å². The Morgan fingerprint density at radius 2 is 1.95 bits per heavy atom. The Balaban J connectivity index is 2.96. The van der Waals surface area contributed by atoms with E-state index in [4.69, 9.17) is 10.5 Å². The van der Waals surface area contributed by atoms with Gasteiger partial charge in [-0.25, -0.2) is 0 Å². The minimum Gasteiger partial charge on any atom is -0.496 e. The van der Waals surface area contributed by atoms with Crippen LogP contribution in [0.1, 0.15) is 37.9 Å². The van der Waals surface area contributed by atoms with Gasteiger partial charge in [-0.3, -0.25) is 10.1 Å². The SMILES string of the molecule is COc1ccc(C)cc1C(C)NC(C(N)=O)C(C)C. The van der Waals surface area contributed by atoms with Gasteiger partial charge in [-0.1, -0.05) is 31.5 Å². The second-order valence-electron chi connectivity index (χ2n) is 5.26. The quantitative estimate of drug-likeness (QED) is 0.827. The van der Waals surface area contributed by atoms with Crippen molar-refractivity contribution in [3.63, 3.8) is 0 Å². The Hall–Kier alpha value is -1.55. The highest BCUT2D eigenvalue weighted by Gasteiger charge is 2.23. The lowest BCUT2D eigenvalue weighted by molar-refractivity contribution is -0.121. The Kier molecular flexibility index (Phi) is 5.36. The zero-order chi connectivity index (χ0) is 14.6. The summed E-state index contributed by atoms with van der Waals surface area (Å²) in [5.74, 6) is 0.641. The fourth-order valence-corrected chi connectivity index (χ4v) is 2.15. The number of aryl methyl sites for hydroxylation is 1. The first-order valence-electron chi connectivity index (χ1n) is 6.56. The topological polar surface area (TPSA) is 64.3 Å². The number of rotatable bonds is 6. The van der Waals surface area contributed by atoms with Crippen LogP contribution in [0.25, 0.3) is 0 Å². The average molecular weight is 264 g/mol. The van der Waals surface area contributed by atoms with E-state index in [1.807, 2.05) is 39.8 Å². The van der Waals surface area contributed by atoms with Gasteiger partial charge in [0.05, 0.1) is 13.2 Å². The van der Waals surface area contributed by atoms with E-state index in [0.717, 1.165) is 16.9 Å². The van der Waals surface area contributed by atoms with Crippen LogP contribution in [0.3, 0.4) is 0 Å². The third-order valence-corrected chi connectivity index (χ3v) is 3.25. The molecular formula is C15H24N2O2. The lowest BCUT2D eigenvalue weighted by Crippen LogP contribution is -2.46. The summed E-state index contributed by atoms with van der Waals surface area (Å²) in [6.07, 6.45) is 0.